The molecule has 3 aromatic rings. The number of amides is 3. The summed E-state index contributed by atoms with van der Waals surface area (Å²) in [5, 5.41) is 18.9. The number of benzene rings is 1. The number of nitrogens with one attached hydrogen (secondary N) is 4. The number of pyridine rings is 1. The number of nitriles is 1. The Labute approximate surface area is 194 Å². The Morgan fingerprint density at radius 2 is 1.88 bits per heavy atom. The third-order valence-corrected chi connectivity index (χ3v) is 4.80. The van der Waals surface area contributed by atoms with Crippen LogP contribution in [-0.4, -0.2) is 34.8 Å². The van der Waals surface area contributed by atoms with Gasteiger partial charge < -0.3 is 20.7 Å². The number of nitrogens with zero attached hydrogens (tertiary/aromatic N) is 3. The minimum Gasteiger partial charge on any atom is -0.406 e. The van der Waals surface area contributed by atoms with Crippen molar-refractivity contribution in [1.29, 1.82) is 5.26 Å². The van der Waals surface area contributed by atoms with Gasteiger partial charge in [-0.05, 0) is 42.0 Å². The second-order valence-corrected chi connectivity index (χ2v) is 7.28. The number of thiazole rings is 1. The molecule has 34 heavy (non-hydrogen) atoms. The molecule has 0 radical (unpaired) electrons. The number of rotatable bonds is 8. The number of hydrogen-bond donors (Lipinski definition) is 4. The van der Waals surface area contributed by atoms with E-state index in [1.807, 2.05) is 0 Å². The molecule has 0 fully saturated rings. The van der Waals surface area contributed by atoms with Crippen LogP contribution in [0.2, 0.25) is 0 Å². The number of alkyl halides is 3. The molecule has 0 aliphatic heterocycles. The zero-order valence-electron chi connectivity index (χ0n) is 17.1. The Morgan fingerprint density at radius 1 is 1.12 bits per heavy atom. The standard InChI is InChI=1S/C20H16F3N7O3S/c21-20(22,23)33-14-3-1-13(2-4-14)29-18(31)16-17(28-11-34-16)27-10-12-5-7-25-15(9-12)30-19(32)26-8-6-24/h1-5,7,9,11,27H,8,10H2,(H,29,31)(H2,25,26,30,32). The molecule has 0 atom stereocenters. The largest absolute Gasteiger partial charge is 0.573 e. The molecule has 3 rings (SSSR count). The molecular weight excluding hydrogens is 475 g/mol. The van der Waals surface area contributed by atoms with Gasteiger partial charge >= 0.3 is 12.4 Å². The van der Waals surface area contributed by atoms with Crippen LogP contribution in [0.5, 0.6) is 5.75 Å². The Morgan fingerprint density at radius 3 is 2.59 bits per heavy atom. The van der Waals surface area contributed by atoms with Crippen molar-refractivity contribution in [2.24, 2.45) is 0 Å². The van der Waals surface area contributed by atoms with Crippen LogP contribution in [0.4, 0.5) is 35.3 Å². The van der Waals surface area contributed by atoms with Crippen molar-refractivity contribution in [1.82, 2.24) is 15.3 Å². The molecule has 0 bridgehead atoms. The van der Waals surface area contributed by atoms with E-state index in [2.05, 4.69) is 36.0 Å². The molecule has 4 N–H and O–H groups in total. The van der Waals surface area contributed by atoms with Gasteiger partial charge in [-0.1, -0.05) is 0 Å². The molecule has 0 spiro atoms. The number of ether oxygens (including phenoxy) is 1. The fraction of sp³-hybridized carbons (Fsp3) is 0.150. The molecule has 3 amide bonds. The Balaban J connectivity index is 1.58. The second kappa shape index (κ2) is 11.0. The lowest BCUT2D eigenvalue weighted by atomic mass is 10.2. The smallest absolute Gasteiger partial charge is 0.406 e. The lowest BCUT2D eigenvalue weighted by Gasteiger charge is -2.10. The predicted molar refractivity (Wildman–Crippen MR) is 117 cm³/mol. The Bertz CT molecular complexity index is 1190. The highest BCUT2D eigenvalue weighted by atomic mass is 32.1. The van der Waals surface area contributed by atoms with E-state index < -0.39 is 24.1 Å². The van der Waals surface area contributed by atoms with E-state index in [9.17, 15) is 22.8 Å². The molecule has 2 heterocycles. The minimum atomic E-state index is -4.80. The zero-order valence-corrected chi connectivity index (χ0v) is 18.0. The van der Waals surface area contributed by atoms with Crippen molar-refractivity contribution in [2.75, 3.05) is 22.5 Å². The van der Waals surface area contributed by atoms with Crippen molar-refractivity contribution in [3.63, 3.8) is 0 Å². The summed E-state index contributed by atoms with van der Waals surface area (Å²) >= 11 is 1.08. The van der Waals surface area contributed by atoms with Crippen molar-refractivity contribution in [2.45, 2.75) is 12.9 Å². The first kappa shape index (κ1) is 24.3. The third-order valence-electron chi connectivity index (χ3n) is 3.97. The van der Waals surface area contributed by atoms with E-state index in [4.69, 9.17) is 5.26 Å². The van der Waals surface area contributed by atoms with Gasteiger partial charge in [0.25, 0.3) is 5.91 Å². The molecule has 176 valence electrons. The fourth-order valence-corrected chi connectivity index (χ4v) is 3.24. The van der Waals surface area contributed by atoms with Crippen LogP contribution in [-0.2, 0) is 6.54 Å². The van der Waals surface area contributed by atoms with E-state index in [1.165, 1.54) is 23.8 Å². The number of anilines is 3. The van der Waals surface area contributed by atoms with Crippen LogP contribution in [0.25, 0.3) is 0 Å². The number of urea groups is 1. The maximum absolute atomic E-state index is 12.6. The van der Waals surface area contributed by atoms with Gasteiger partial charge in [-0.25, -0.2) is 14.8 Å². The van der Waals surface area contributed by atoms with Gasteiger partial charge in [0.05, 0.1) is 11.6 Å². The van der Waals surface area contributed by atoms with Gasteiger partial charge in [0, 0.05) is 18.4 Å². The van der Waals surface area contributed by atoms with Gasteiger partial charge in [-0.15, -0.1) is 24.5 Å². The summed E-state index contributed by atoms with van der Waals surface area (Å²) in [6.45, 7) is 0.109. The van der Waals surface area contributed by atoms with Crippen LogP contribution in [0.3, 0.4) is 0 Å². The number of hydrogen-bond acceptors (Lipinski definition) is 8. The Hall–Kier alpha value is -4.38. The molecule has 0 saturated carbocycles. The van der Waals surface area contributed by atoms with Gasteiger partial charge in [-0.3, -0.25) is 10.1 Å². The lowest BCUT2D eigenvalue weighted by Crippen LogP contribution is -2.29. The van der Waals surface area contributed by atoms with Gasteiger partial charge in [0.1, 0.15) is 28.8 Å². The number of carbonyl (C=O) groups is 2. The van der Waals surface area contributed by atoms with Crippen molar-refractivity contribution in [3.05, 3.63) is 58.5 Å². The zero-order chi connectivity index (χ0) is 24.6. The fourth-order valence-electron chi connectivity index (χ4n) is 2.58. The Kier molecular flexibility index (Phi) is 7.83. The molecule has 14 heteroatoms. The second-order valence-electron chi connectivity index (χ2n) is 6.43. The van der Waals surface area contributed by atoms with Crippen LogP contribution >= 0.6 is 11.3 Å². The van der Waals surface area contributed by atoms with Crippen molar-refractivity contribution < 1.29 is 27.5 Å². The lowest BCUT2D eigenvalue weighted by molar-refractivity contribution is -0.274. The summed E-state index contributed by atoms with van der Waals surface area (Å²) in [5.74, 6) is -0.332. The monoisotopic (exact) mass is 491 g/mol. The van der Waals surface area contributed by atoms with Gasteiger partial charge in [0.15, 0.2) is 0 Å². The van der Waals surface area contributed by atoms with E-state index in [-0.39, 0.29) is 29.5 Å². The first-order valence-electron chi connectivity index (χ1n) is 9.45. The van der Waals surface area contributed by atoms with E-state index in [0.717, 1.165) is 29.0 Å². The molecule has 0 saturated heterocycles. The summed E-state index contributed by atoms with van der Waals surface area (Å²) in [6, 6.07) is 9.26. The minimum absolute atomic E-state index is 0.146. The van der Waals surface area contributed by atoms with Crippen LogP contribution in [0.1, 0.15) is 15.2 Å². The predicted octanol–water partition coefficient (Wildman–Crippen LogP) is 3.95. The summed E-state index contributed by atoms with van der Waals surface area (Å²) in [5.41, 5.74) is 2.47. The average molecular weight is 491 g/mol. The summed E-state index contributed by atoms with van der Waals surface area (Å²) in [4.78, 5) is 32.7. The first-order chi connectivity index (χ1) is 16.2. The summed E-state index contributed by atoms with van der Waals surface area (Å²) < 4.78 is 40.6. The van der Waals surface area contributed by atoms with Gasteiger partial charge in [-0.2, -0.15) is 5.26 Å². The number of carbonyl (C=O) groups excluding carboxylic acids is 2. The van der Waals surface area contributed by atoms with E-state index >= 15 is 0 Å². The highest BCUT2D eigenvalue weighted by Crippen LogP contribution is 2.25. The van der Waals surface area contributed by atoms with E-state index in [1.54, 1.807) is 18.2 Å². The molecule has 0 aliphatic carbocycles. The topological polar surface area (TPSA) is 141 Å². The molecule has 10 nitrogen and oxygen atoms in total. The van der Waals surface area contributed by atoms with Crippen LogP contribution < -0.4 is 26.0 Å². The van der Waals surface area contributed by atoms with Crippen LogP contribution in [0, 0.1) is 11.3 Å². The maximum Gasteiger partial charge on any atom is 0.573 e. The molecule has 0 aliphatic rings. The quantitative estimate of drug-likeness (QED) is 0.350. The highest BCUT2D eigenvalue weighted by Gasteiger charge is 2.31. The SMILES string of the molecule is N#CCNC(=O)Nc1cc(CNc2ncsc2C(=O)Nc2ccc(OC(F)(F)F)cc2)ccn1. The summed E-state index contributed by atoms with van der Waals surface area (Å²) in [7, 11) is 0. The maximum atomic E-state index is 12.6. The van der Waals surface area contributed by atoms with Gasteiger partial charge in [0.2, 0.25) is 0 Å². The first-order valence-corrected chi connectivity index (χ1v) is 10.3. The average Bonchev–Trinajstić information content (AvgIpc) is 3.26. The molecule has 0 unspecified atom stereocenters. The molecule has 2 aromatic heterocycles. The normalized spacial score (nSPS) is 10.6. The summed E-state index contributed by atoms with van der Waals surface area (Å²) in [6.07, 6.45) is -3.32. The number of halogens is 3. The molecule has 1 aromatic carbocycles. The van der Waals surface area contributed by atoms with Crippen LogP contribution in [0.15, 0.2) is 48.1 Å². The van der Waals surface area contributed by atoms with Crippen molar-refractivity contribution in [3.8, 4) is 11.8 Å². The third kappa shape index (κ3) is 7.35. The number of aromatic nitrogens is 2. The van der Waals surface area contributed by atoms with E-state index in [0.29, 0.717) is 5.82 Å². The van der Waals surface area contributed by atoms with Crippen molar-refractivity contribution >= 4 is 40.6 Å². The molecular formula is C20H16F3N7O3S. The highest BCUT2D eigenvalue weighted by molar-refractivity contribution is 7.12.